The first kappa shape index (κ1) is 13.7. The van der Waals surface area contributed by atoms with E-state index in [1.54, 1.807) is 0 Å². The molecule has 4 nitrogen and oxygen atoms in total. The van der Waals surface area contributed by atoms with Crippen LogP contribution in [0, 0.1) is 13.8 Å². The number of unbranched alkanes of at least 4 members (excludes halogenated alkanes) is 4. The van der Waals surface area contributed by atoms with E-state index in [0.29, 0.717) is 12.2 Å². The molecule has 0 spiro atoms. The molecule has 0 aliphatic carbocycles. The lowest BCUT2D eigenvalue weighted by Gasteiger charge is -2.03. The van der Waals surface area contributed by atoms with Gasteiger partial charge in [0.05, 0.1) is 0 Å². The average Bonchev–Trinajstić information content (AvgIpc) is 2.61. The number of nitrogens with zero attached hydrogens (tertiary/aromatic N) is 1. The smallest absolute Gasteiger partial charge is 0.225 e. The van der Waals surface area contributed by atoms with Gasteiger partial charge in [-0.3, -0.25) is 9.89 Å². The van der Waals surface area contributed by atoms with Crippen LogP contribution in [0.4, 0.5) is 5.82 Å². The maximum atomic E-state index is 11.6. The van der Waals surface area contributed by atoms with Crippen molar-refractivity contribution in [2.75, 3.05) is 5.32 Å². The standard InChI is InChI=1S/C13H23N3O/c1-4-5-6-7-8-9-12(17)14-13-10(2)11(3)15-16-13/h4-9H2,1-3H3,(H2,14,15,16,17). The normalized spacial score (nSPS) is 10.5. The van der Waals surface area contributed by atoms with Gasteiger partial charge in [0, 0.05) is 17.7 Å². The van der Waals surface area contributed by atoms with Crippen molar-refractivity contribution in [2.45, 2.75) is 59.3 Å². The molecule has 96 valence electrons. The van der Waals surface area contributed by atoms with Crippen LogP contribution < -0.4 is 5.32 Å². The van der Waals surface area contributed by atoms with Crippen LogP contribution in [0.1, 0.15) is 56.7 Å². The zero-order chi connectivity index (χ0) is 12.7. The largest absolute Gasteiger partial charge is 0.309 e. The van der Waals surface area contributed by atoms with E-state index in [2.05, 4.69) is 22.4 Å². The van der Waals surface area contributed by atoms with Crippen LogP contribution in [-0.2, 0) is 4.79 Å². The lowest BCUT2D eigenvalue weighted by molar-refractivity contribution is -0.116. The van der Waals surface area contributed by atoms with E-state index in [0.717, 1.165) is 24.1 Å². The van der Waals surface area contributed by atoms with Crippen molar-refractivity contribution in [3.05, 3.63) is 11.3 Å². The SMILES string of the molecule is CCCCCCCC(=O)Nc1n[nH]c(C)c1C. The Kier molecular flexibility index (Phi) is 5.73. The number of aromatic amines is 1. The second-order valence-corrected chi connectivity index (χ2v) is 4.53. The van der Waals surface area contributed by atoms with Crippen LogP contribution in [-0.4, -0.2) is 16.1 Å². The number of carbonyl (C=O) groups excluding carboxylic acids is 1. The highest BCUT2D eigenvalue weighted by atomic mass is 16.1. The monoisotopic (exact) mass is 237 g/mol. The van der Waals surface area contributed by atoms with Crippen molar-refractivity contribution in [3.63, 3.8) is 0 Å². The second kappa shape index (κ2) is 7.09. The Bertz CT molecular complexity index is 358. The molecule has 0 aromatic carbocycles. The molecular weight excluding hydrogens is 214 g/mol. The molecule has 1 aromatic heterocycles. The van der Waals surface area contributed by atoms with E-state index < -0.39 is 0 Å². The van der Waals surface area contributed by atoms with E-state index >= 15 is 0 Å². The number of rotatable bonds is 7. The van der Waals surface area contributed by atoms with Crippen molar-refractivity contribution in [3.8, 4) is 0 Å². The van der Waals surface area contributed by atoms with Crippen molar-refractivity contribution in [1.29, 1.82) is 0 Å². The number of hydrogen-bond donors (Lipinski definition) is 2. The van der Waals surface area contributed by atoms with Gasteiger partial charge in [0.1, 0.15) is 0 Å². The molecule has 0 aliphatic rings. The molecule has 0 saturated heterocycles. The molecule has 17 heavy (non-hydrogen) atoms. The maximum Gasteiger partial charge on any atom is 0.225 e. The molecule has 0 atom stereocenters. The summed E-state index contributed by atoms with van der Waals surface area (Å²) in [5.41, 5.74) is 2.02. The Morgan fingerprint density at radius 1 is 1.24 bits per heavy atom. The van der Waals surface area contributed by atoms with Crippen LogP contribution in [0.15, 0.2) is 0 Å². The van der Waals surface area contributed by atoms with Gasteiger partial charge in [-0.1, -0.05) is 32.6 Å². The molecule has 1 rings (SSSR count). The summed E-state index contributed by atoms with van der Waals surface area (Å²) < 4.78 is 0. The van der Waals surface area contributed by atoms with E-state index in [1.807, 2.05) is 13.8 Å². The summed E-state index contributed by atoms with van der Waals surface area (Å²) in [6.07, 6.45) is 6.42. The molecule has 4 heteroatoms. The number of amides is 1. The van der Waals surface area contributed by atoms with Gasteiger partial charge in [0.15, 0.2) is 5.82 Å². The molecule has 2 N–H and O–H groups in total. The number of H-pyrrole nitrogens is 1. The number of nitrogens with one attached hydrogen (secondary N) is 2. The summed E-state index contributed by atoms with van der Waals surface area (Å²) in [6.45, 7) is 6.09. The number of aromatic nitrogens is 2. The Morgan fingerprint density at radius 3 is 2.53 bits per heavy atom. The van der Waals surface area contributed by atoms with Gasteiger partial charge >= 0.3 is 0 Å². The van der Waals surface area contributed by atoms with E-state index in [-0.39, 0.29) is 5.91 Å². The summed E-state index contributed by atoms with van der Waals surface area (Å²) in [4.78, 5) is 11.6. The molecular formula is C13H23N3O. The summed E-state index contributed by atoms with van der Waals surface area (Å²) in [5, 5.41) is 9.76. The van der Waals surface area contributed by atoms with Crippen LogP contribution in [0.25, 0.3) is 0 Å². The third-order valence-corrected chi connectivity index (χ3v) is 3.02. The number of hydrogen-bond acceptors (Lipinski definition) is 2. The fourth-order valence-electron chi connectivity index (χ4n) is 1.69. The molecule has 0 aliphatic heterocycles. The first-order valence-electron chi connectivity index (χ1n) is 6.46. The Balaban J connectivity index is 2.23. The third kappa shape index (κ3) is 4.59. The van der Waals surface area contributed by atoms with Gasteiger partial charge in [-0.25, -0.2) is 0 Å². The van der Waals surface area contributed by atoms with E-state index in [4.69, 9.17) is 0 Å². The molecule has 1 heterocycles. The van der Waals surface area contributed by atoms with Crippen LogP contribution in [0.5, 0.6) is 0 Å². The minimum Gasteiger partial charge on any atom is -0.309 e. The van der Waals surface area contributed by atoms with Crippen molar-refractivity contribution in [2.24, 2.45) is 0 Å². The van der Waals surface area contributed by atoms with Crippen molar-refractivity contribution < 1.29 is 4.79 Å². The first-order valence-corrected chi connectivity index (χ1v) is 6.46. The third-order valence-electron chi connectivity index (χ3n) is 3.02. The van der Waals surface area contributed by atoms with Crippen LogP contribution >= 0.6 is 0 Å². The summed E-state index contributed by atoms with van der Waals surface area (Å²) in [5.74, 6) is 0.733. The quantitative estimate of drug-likeness (QED) is 0.715. The highest BCUT2D eigenvalue weighted by molar-refractivity contribution is 5.90. The van der Waals surface area contributed by atoms with Crippen LogP contribution in [0.2, 0.25) is 0 Å². The molecule has 0 saturated carbocycles. The zero-order valence-electron chi connectivity index (χ0n) is 11.1. The van der Waals surface area contributed by atoms with Gasteiger partial charge in [-0.05, 0) is 20.3 Å². The van der Waals surface area contributed by atoms with Crippen molar-refractivity contribution in [1.82, 2.24) is 10.2 Å². The molecule has 1 aromatic rings. The van der Waals surface area contributed by atoms with Crippen LogP contribution in [0.3, 0.4) is 0 Å². The number of anilines is 1. The first-order chi connectivity index (χ1) is 8.15. The van der Waals surface area contributed by atoms with Gasteiger partial charge in [-0.15, -0.1) is 0 Å². The fourth-order valence-corrected chi connectivity index (χ4v) is 1.69. The fraction of sp³-hybridized carbons (Fsp3) is 0.692. The topological polar surface area (TPSA) is 57.8 Å². The van der Waals surface area contributed by atoms with Gasteiger partial charge in [-0.2, -0.15) is 5.10 Å². The highest BCUT2D eigenvalue weighted by Crippen LogP contribution is 2.14. The molecule has 1 amide bonds. The Hall–Kier alpha value is -1.32. The summed E-state index contributed by atoms with van der Waals surface area (Å²) in [6, 6.07) is 0. The molecule has 0 fully saturated rings. The minimum absolute atomic E-state index is 0.0658. The highest BCUT2D eigenvalue weighted by Gasteiger charge is 2.08. The van der Waals surface area contributed by atoms with Gasteiger partial charge < -0.3 is 5.32 Å². The maximum absolute atomic E-state index is 11.6. The molecule has 0 radical (unpaired) electrons. The number of aryl methyl sites for hydroxylation is 1. The lowest BCUT2D eigenvalue weighted by atomic mass is 10.1. The van der Waals surface area contributed by atoms with E-state index in [1.165, 1.54) is 19.3 Å². The Morgan fingerprint density at radius 2 is 1.94 bits per heavy atom. The minimum atomic E-state index is 0.0658. The molecule has 0 unspecified atom stereocenters. The summed E-state index contributed by atoms with van der Waals surface area (Å²) >= 11 is 0. The number of carbonyl (C=O) groups is 1. The van der Waals surface area contributed by atoms with Gasteiger partial charge in [0.25, 0.3) is 0 Å². The second-order valence-electron chi connectivity index (χ2n) is 4.53. The van der Waals surface area contributed by atoms with E-state index in [9.17, 15) is 4.79 Å². The predicted octanol–water partition coefficient (Wildman–Crippen LogP) is 3.33. The molecule has 0 bridgehead atoms. The van der Waals surface area contributed by atoms with Crippen molar-refractivity contribution >= 4 is 11.7 Å². The lowest BCUT2D eigenvalue weighted by Crippen LogP contribution is -2.12. The zero-order valence-corrected chi connectivity index (χ0v) is 11.1. The van der Waals surface area contributed by atoms with Gasteiger partial charge in [0.2, 0.25) is 5.91 Å². The predicted molar refractivity (Wildman–Crippen MR) is 70.1 cm³/mol. The summed E-state index contributed by atoms with van der Waals surface area (Å²) in [7, 11) is 0. The average molecular weight is 237 g/mol. The Labute approximate surface area is 103 Å².